The molecule has 0 fully saturated rings. The highest BCUT2D eigenvalue weighted by Gasteiger charge is 2.18. The van der Waals surface area contributed by atoms with E-state index in [4.69, 9.17) is 39.4 Å². The quantitative estimate of drug-likeness (QED) is 0.864. The molecule has 0 aromatic heterocycles. The van der Waals surface area contributed by atoms with Crippen molar-refractivity contribution in [1.82, 2.24) is 0 Å². The zero-order chi connectivity index (χ0) is 11.6. The average Bonchev–Trinajstić information content (AvgIpc) is 2.15. The van der Waals surface area contributed by atoms with E-state index in [2.05, 4.69) is 0 Å². The first-order valence-corrected chi connectivity index (χ1v) is 5.27. The normalized spacial score (nSPS) is 14.8. The summed E-state index contributed by atoms with van der Waals surface area (Å²) in [6.45, 7) is 1.82. The second kappa shape index (κ2) is 5.03. The maximum absolute atomic E-state index is 5.98. The third kappa shape index (κ3) is 2.75. The summed E-state index contributed by atoms with van der Waals surface area (Å²) in [5.41, 5.74) is 12.4. The molecule has 2 atom stereocenters. The van der Waals surface area contributed by atoms with Crippen LogP contribution in [0.5, 0.6) is 5.75 Å². The molecule has 0 radical (unpaired) electrons. The van der Waals surface area contributed by atoms with E-state index in [1.165, 1.54) is 7.11 Å². The highest BCUT2D eigenvalue weighted by molar-refractivity contribution is 6.35. The van der Waals surface area contributed by atoms with Crippen LogP contribution in [-0.2, 0) is 0 Å². The fraction of sp³-hybridized carbons (Fsp3) is 0.400. The van der Waals surface area contributed by atoms with Gasteiger partial charge in [0.1, 0.15) is 5.75 Å². The Bertz CT molecular complexity index is 356. The molecule has 0 aliphatic rings. The second-order valence-corrected chi connectivity index (χ2v) is 4.24. The second-order valence-electron chi connectivity index (χ2n) is 3.39. The number of methoxy groups -OCH3 is 1. The first kappa shape index (κ1) is 12.6. The van der Waals surface area contributed by atoms with Crippen molar-refractivity contribution in [3.63, 3.8) is 0 Å². The van der Waals surface area contributed by atoms with Crippen LogP contribution in [0.4, 0.5) is 0 Å². The molecule has 0 aliphatic carbocycles. The summed E-state index contributed by atoms with van der Waals surface area (Å²) in [6.07, 6.45) is 0. The smallest absolute Gasteiger partial charge is 0.142 e. The van der Waals surface area contributed by atoms with Crippen LogP contribution in [0.15, 0.2) is 12.1 Å². The van der Waals surface area contributed by atoms with E-state index in [1.54, 1.807) is 12.1 Å². The minimum absolute atomic E-state index is 0.201. The predicted octanol–water partition coefficient (Wildman–Crippen LogP) is 2.35. The van der Waals surface area contributed by atoms with Gasteiger partial charge in [-0.1, -0.05) is 23.2 Å². The van der Waals surface area contributed by atoms with E-state index in [-0.39, 0.29) is 12.1 Å². The summed E-state index contributed by atoms with van der Waals surface area (Å²) in [6, 6.07) is 2.78. The molecule has 3 nitrogen and oxygen atoms in total. The van der Waals surface area contributed by atoms with Crippen molar-refractivity contribution < 1.29 is 4.74 Å². The Labute approximate surface area is 99.3 Å². The third-order valence-corrected chi connectivity index (χ3v) is 2.67. The van der Waals surface area contributed by atoms with Crippen molar-refractivity contribution in [3.8, 4) is 5.75 Å². The van der Waals surface area contributed by atoms with Gasteiger partial charge in [-0.15, -0.1) is 0 Å². The Morgan fingerprint density at radius 1 is 1.27 bits per heavy atom. The largest absolute Gasteiger partial charge is 0.495 e. The number of hydrogen-bond donors (Lipinski definition) is 2. The molecule has 0 saturated heterocycles. The maximum Gasteiger partial charge on any atom is 0.142 e. The van der Waals surface area contributed by atoms with Gasteiger partial charge in [-0.2, -0.15) is 0 Å². The van der Waals surface area contributed by atoms with Crippen LogP contribution in [0.3, 0.4) is 0 Å². The van der Waals surface area contributed by atoms with Crippen LogP contribution >= 0.6 is 23.2 Å². The lowest BCUT2D eigenvalue weighted by Crippen LogP contribution is -2.31. The Hall–Kier alpha value is -0.480. The number of ether oxygens (including phenoxy) is 1. The standard InChI is InChI=1S/C10H14Cl2N2O/c1-5(13)9(14)7-3-6(11)4-8(12)10(7)15-2/h3-5,9H,13-14H2,1-2H3. The van der Waals surface area contributed by atoms with Crippen molar-refractivity contribution >= 4 is 23.2 Å². The molecule has 1 aromatic rings. The number of benzene rings is 1. The van der Waals surface area contributed by atoms with Gasteiger partial charge in [0.05, 0.1) is 12.1 Å². The van der Waals surface area contributed by atoms with Crippen LogP contribution in [0, 0.1) is 0 Å². The first-order chi connectivity index (χ1) is 6.97. The van der Waals surface area contributed by atoms with Crippen molar-refractivity contribution in [1.29, 1.82) is 0 Å². The average molecular weight is 249 g/mol. The number of halogens is 2. The minimum Gasteiger partial charge on any atom is -0.495 e. The molecule has 1 rings (SSSR count). The minimum atomic E-state index is -0.351. The van der Waals surface area contributed by atoms with E-state index in [0.29, 0.717) is 15.8 Å². The van der Waals surface area contributed by atoms with Crippen LogP contribution in [0.1, 0.15) is 18.5 Å². The Balaban J connectivity index is 3.26. The summed E-state index contributed by atoms with van der Waals surface area (Å²) in [7, 11) is 1.53. The third-order valence-electron chi connectivity index (χ3n) is 2.17. The molecule has 4 N–H and O–H groups in total. The molecule has 5 heteroatoms. The van der Waals surface area contributed by atoms with Crippen LogP contribution in [-0.4, -0.2) is 13.2 Å². The lowest BCUT2D eigenvalue weighted by Gasteiger charge is -2.20. The van der Waals surface area contributed by atoms with Crippen molar-refractivity contribution in [2.75, 3.05) is 7.11 Å². The molecule has 0 aliphatic heterocycles. The van der Waals surface area contributed by atoms with Gasteiger partial charge in [0, 0.05) is 22.7 Å². The zero-order valence-corrected chi connectivity index (χ0v) is 10.1. The molecule has 0 saturated carbocycles. The predicted molar refractivity (Wildman–Crippen MR) is 63.6 cm³/mol. The summed E-state index contributed by atoms with van der Waals surface area (Å²) in [4.78, 5) is 0. The lowest BCUT2D eigenvalue weighted by molar-refractivity contribution is 0.402. The molecule has 15 heavy (non-hydrogen) atoms. The van der Waals surface area contributed by atoms with Gasteiger partial charge in [0.2, 0.25) is 0 Å². The monoisotopic (exact) mass is 248 g/mol. The summed E-state index contributed by atoms with van der Waals surface area (Å²) < 4.78 is 5.18. The number of rotatable bonds is 3. The van der Waals surface area contributed by atoms with Crippen LogP contribution < -0.4 is 16.2 Å². The summed E-state index contributed by atoms with van der Waals surface area (Å²) >= 11 is 11.9. The molecule has 0 spiro atoms. The molecule has 0 bridgehead atoms. The van der Waals surface area contributed by atoms with Gasteiger partial charge >= 0.3 is 0 Å². The van der Waals surface area contributed by atoms with Crippen molar-refractivity contribution in [3.05, 3.63) is 27.7 Å². The Kier molecular flexibility index (Phi) is 4.22. The van der Waals surface area contributed by atoms with Crippen LogP contribution in [0.25, 0.3) is 0 Å². The summed E-state index contributed by atoms with van der Waals surface area (Å²) in [5, 5.41) is 0.961. The topological polar surface area (TPSA) is 61.3 Å². The molecule has 0 amide bonds. The van der Waals surface area contributed by atoms with Gasteiger partial charge in [0.25, 0.3) is 0 Å². The maximum atomic E-state index is 5.98. The van der Waals surface area contributed by atoms with E-state index in [9.17, 15) is 0 Å². The van der Waals surface area contributed by atoms with E-state index in [0.717, 1.165) is 5.56 Å². The first-order valence-electron chi connectivity index (χ1n) is 4.51. The lowest BCUT2D eigenvalue weighted by atomic mass is 10.0. The van der Waals surface area contributed by atoms with E-state index in [1.807, 2.05) is 6.92 Å². The van der Waals surface area contributed by atoms with E-state index < -0.39 is 0 Å². The Morgan fingerprint density at radius 2 is 1.87 bits per heavy atom. The van der Waals surface area contributed by atoms with Gasteiger partial charge in [-0.25, -0.2) is 0 Å². The molecule has 0 heterocycles. The van der Waals surface area contributed by atoms with Crippen molar-refractivity contribution in [2.45, 2.75) is 19.0 Å². The Morgan fingerprint density at radius 3 is 2.33 bits per heavy atom. The SMILES string of the molecule is COc1c(Cl)cc(Cl)cc1C(N)C(C)N. The molecule has 2 unspecified atom stereocenters. The van der Waals surface area contributed by atoms with Gasteiger partial charge < -0.3 is 16.2 Å². The van der Waals surface area contributed by atoms with Crippen LogP contribution in [0.2, 0.25) is 10.0 Å². The number of hydrogen-bond acceptors (Lipinski definition) is 3. The number of nitrogens with two attached hydrogens (primary N) is 2. The fourth-order valence-corrected chi connectivity index (χ4v) is 1.91. The molecule has 1 aromatic carbocycles. The van der Waals surface area contributed by atoms with Gasteiger partial charge in [-0.3, -0.25) is 0 Å². The van der Waals surface area contributed by atoms with Crippen molar-refractivity contribution in [2.24, 2.45) is 11.5 Å². The van der Waals surface area contributed by atoms with Gasteiger partial charge in [0.15, 0.2) is 0 Å². The highest BCUT2D eigenvalue weighted by Crippen LogP contribution is 2.35. The summed E-state index contributed by atoms with van der Waals surface area (Å²) in [5.74, 6) is 0.533. The molecule has 84 valence electrons. The fourth-order valence-electron chi connectivity index (χ4n) is 1.33. The highest BCUT2D eigenvalue weighted by atomic mass is 35.5. The molecular weight excluding hydrogens is 235 g/mol. The molecular formula is C10H14Cl2N2O. The zero-order valence-electron chi connectivity index (χ0n) is 8.63. The van der Waals surface area contributed by atoms with E-state index >= 15 is 0 Å². The van der Waals surface area contributed by atoms with Gasteiger partial charge in [-0.05, 0) is 19.1 Å².